The van der Waals surface area contributed by atoms with E-state index in [0.717, 1.165) is 47.7 Å². The number of hydrogen-bond donors (Lipinski definition) is 1. The summed E-state index contributed by atoms with van der Waals surface area (Å²) >= 11 is 0. The topological polar surface area (TPSA) is 73.6 Å². The first-order valence-electron chi connectivity index (χ1n) is 10.8. The molecule has 0 bridgehead atoms. The number of carboxylic acid groups (broad SMARTS) is 1. The minimum Gasteiger partial charge on any atom is -0.493 e. The van der Waals surface area contributed by atoms with Crippen LogP contribution in [-0.2, 0) is 17.8 Å². The quantitative estimate of drug-likeness (QED) is 0.445. The number of hydrogen-bond acceptors (Lipinski definition) is 4. The van der Waals surface area contributed by atoms with Crippen LogP contribution >= 0.6 is 0 Å². The highest BCUT2D eigenvalue weighted by atomic mass is 16.5. The molecule has 0 saturated carbocycles. The normalized spacial score (nSPS) is 10.8. The van der Waals surface area contributed by atoms with Gasteiger partial charge in [0, 0.05) is 17.7 Å². The molecular weight excluding hydrogens is 392 g/mol. The first-order valence-corrected chi connectivity index (χ1v) is 10.8. The van der Waals surface area contributed by atoms with Gasteiger partial charge < -0.3 is 14.6 Å². The number of unbranched alkanes of at least 4 members (excludes halogenated alkanes) is 1. The number of carboxylic acids is 1. The predicted octanol–water partition coefficient (Wildman–Crippen LogP) is 5.44. The van der Waals surface area contributed by atoms with Gasteiger partial charge in [0.25, 0.3) is 0 Å². The predicted molar refractivity (Wildman–Crippen MR) is 122 cm³/mol. The van der Waals surface area contributed by atoms with Gasteiger partial charge in [-0.1, -0.05) is 31.5 Å². The van der Waals surface area contributed by atoms with Crippen molar-refractivity contribution in [3.63, 3.8) is 0 Å². The van der Waals surface area contributed by atoms with Crippen LogP contribution in [0.2, 0.25) is 0 Å². The lowest BCUT2D eigenvalue weighted by molar-refractivity contribution is -0.136. The minimum atomic E-state index is -0.866. The summed E-state index contributed by atoms with van der Waals surface area (Å²) in [5.74, 6) is 0.648. The van der Waals surface area contributed by atoms with Crippen molar-refractivity contribution in [2.45, 2.75) is 46.6 Å². The second-order valence-electron chi connectivity index (χ2n) is 7.25. The second kappa shape index (κ2) is 10.7. The largest absolute Gasteiger partial charge is 0.493 e. The molecule has 31 heavy (non-hydrogen) atoms. The van der Waals surface area contributed by atoms with Crippen LogP contribution in [0.4, 0.5) is 0 Å². The molecule has 0 aliphatic rings. The standard InChI is InChI=1S/C25H30N2O4/c1-4-7-14-27-22(19-10-8-9-11-23(19)30-5-2)17-21(26-27)20-15-18(16-25(28)29)12-13-24(20)31-6-3/h8-13,15,17H,4-7,14,16H2,1-3H3,(H,28,29). The van der Waals surface area contributed by atoms with E-state index in [-0.39, 0.29) is 6.42 Å². The molecule has 0 fully saturated rings. The lowest BCUT2D eigenvalue weighted by atomic mass is 10.0. The number of benzene rings is 2. The molecule has 0 aliphatic carbocycles. The molecule has 0 atom stereocenters. The molecule has 1 aromatic heterocycles. The van der Waals surface area contributed by atoms with Gasteiger partial charge in [-0.05, 0) is 56.2 Å². The fourth-order valence-electron chi connectivity index (χ4n) is 3.55. The van der Waals surface area contributed by atoms with E-state index >= 15 is 0 Å². The summed E-state index contributed by atoms with van der Waals surface area (Å²) < 4.78 is 13.7. The summed E-state index contributed by atoms with van der Waals surface area (Å²) in [6.45, 7) is 7.93. The number of aliphatic carboxylic acids is 1. The van der Waals surface area contributed by atoms with Crippen molar-refractivity contribution in [1.29, 1.82) is 0 Å². The summed E-state index contributed by atoms with van der Waals surface area (Å²) in [4.78, 5) is 11.2. The zero-order valence-electron chi connectivity index (χ0n) is 18.4. The van der Waals surface area contributed by atoms with Gasteiger partial charge in [-0.25, -0.2) is 0 Å². The average molecular weight is 423 g/mol. The van der Waals surface area contributed by atoms with Gasteiger partial charge in [0.1, 0.15) is 11.5 Å². The zero-order valence-corrected chi connectivity index (χ0v) is 18.4. The first-order chi connectivity index (χ1) is 15.1. The first kappa shape index (κ1) is 22.4. The fraction of sp³-hybridized carbons (Fsp3) is 0.360. The van der Waals surface area contributed by atoms with Gasteiger partial charge in [-0.3, -0.25) is 9.48 Å². The van der Waals surface area contributed by atoms with Gasteiger partial charge in [0.05, 0.1) is 31.0 Å². The number of ether oxygens (including phenoxy) is 2. The van der Waals surface area contributed by atoms with E-state index < -0.39 is 5.97 Å². The third-order valence-corrected chi connectivity index (χ3v) is 4.94. The molecule has 0 unspecified atom stereocenters. The summed E-state index contributed by atoms with van der Waals surface area (Å²) in [7, 11) is 0. The molecule has 0 saturated heterocycles. The molecule has 3 rings (SSSR count). The Hall–Kier alpha value is -3.28. The van der Waals surface area contributed by atoms with E-state index in [2.05, 4.69) is 6.92 Å². The molecule has 2 aromatic carbocycles. The van der Waals surface area contributed by atoms with Crippen LogP contribution in [0.25, 0.3) is 22.5 Å². The van der Waals surface area contributed by atoms with Gasteiger partial charge >= 0.3 is 5.97 Å². The molecule has 0 amide bonds. The van der Waals surface area contributed by atoms with Crippen molar-refractivity contribution in [2.75, 3.05) is 13.2 Å². The summed E-state index contributed by atoms with van der Waals surface area (Å²) in [6.07, 6.45) is 2.01. The molecule has 6 nitrogen and oxygen atoms in total. The maximum absolute atomic E-state index is 11.2. The Labute approximate surface area is 183 Å². The number of rotatable bonds is 11. The molecule has 0 aliphatic heterocycles. The Kier molecular flexibility index (Phi) is 7.70. The van der Waals surface area contributed by atoms with Crippen LogP contribution in [0.15, 0.2) is 48.5 Å². The van der Waals surface area contributed by atoms with Crippen molar-refractivity contribution < 1.29 is 19.4 Å². The second-order valence-corrected chi connectivity index (χ2v) is 7.25. The van der Waals surface area contributed by atoms with Crippen LogP contribution < -0.4 is 9.47 Å². The number of para-hydroxylation sites is 1. The molecule has 0 spiro atoms. The average Bonchev–Trinajstić information content (AvgIpc) is 3.17. The number of aryl methyl sites for hydroxylation is 1. The third kappa shape index (κ3) is 5.45. The summed E-state index contributed by atoms with van der Waals surface area (Å²) in [5, 5.41) is 14.1. The molecule has 1 N–H and O–H groups in total. The molecule has 6 heteroatoms. The molecule has 3 aromatic rings. The smallest absolute Gasteiger partial charge is 0.307 e. The van der Waals surface area contributed by atoms with Crippen LogP contribution in [0.5, 0.6) is 11.5 Å². The summed E-state index contributed by atoms with van der Waals surface area (Å²) in [6, 6.07) is 15.5. The SMILES string of the molecule is CCCCn1nc(-c2cc(CC(=O)O)ccc2OCC)cc1-c1ccccc1OCC. The Morgan fingerprint density at radius 2 is 1.68 bits per heavy atom. The maximum Gasteiger partial charge on any atom is 0.307 e. The minimum absolute atomic E-state index is 0.0457. The van der Waals surface area contributed by atoms with Crippen molar-refractivity contribution in [1.82, 2.24) is 9.78 Å². The van der Waals surface area contributed by atoms with Crippen LogP contribution in [-0.4, -0.2) is 34.1 Å². The van der Waals surface area contributed by atoms with Crippen LogP contribution in [0, 0.1) is 0 Å². The van der Waals surface area contributed by atoms with E-state index in [1.807, 2.05) is 61.0 Å². The van der Waals surface area contributed by atoms with Crippen molar-refractivity contribution >= 4 is 5.97 Å². The highest BCUT2D eigenvalue weighted by Crippen LogP contribution is 2.36. The third-order valence-electron chi connectivity index (χ3n) is 4.94. The number of aromatic nitrogens is 2. The van der Waals surface area contributed by atoms with Gasteiger partial charge in [-0.15, -0.1) is 0 Å². The lowest BCUT2D eigenvalue weighted by Crippen LogP contribution is -2.04. The summed E-state index contributed by atoms with van der Waals surface area (Å²) in [5.41, 5.74) is 4.22. The molecular formula is C25H30N2O4. The van der Waals surface area contributed by atoms with Crippen LogP contribution in [0.3, 0.4) is 0 Å². The highest BCUT2D eigenvalue weighted by Gasteiger charge is 2.18. The lowest BCUT2D eigenvalue weighted by Gasteiger charge is -2.11. The van der Waals surface area contributed by atoms with E-state index in [1.54, 1.807) is 6.07 Å². The van der Waals surface area contributed by atoms with E-state index in [9.17, 15) is 9.90 Å². The fourth-order valence-corrected chi connectivity index (χ4v) is 3.55. The monoisotopic (exact) mass is 422 g/mol. The van der Waals surface area contributed by atoms with Gasteiger partial charge in [0.15, 0.2) is 0 Å². The Morgan fingerprint density at radius 3 is 2.35 bits per heavy atom. The van der Waals surface area contributed by atoms with Gasteiger partial charge in [0.2, 0.25) is 0 Å². The number of nitrogens with zero attached hydrogens (tertiary/aromatic N) is 2. The maximum atomic E-state index is 11.2. The Bertz CT molecular complexity index is 1030. The van der Waals surface area contributed by atoms with E-state index in [1.165, 1.54) is 0 Å². The Morgan fingerprint density at radius 1 is 0.968 bits per heavy atom. The van der Waals surface area contributed by atoms with Crippen molar-refractivity contribution in [3.8, 4) is 34.0 Å². The molecule has 0 radical (unpaired) electrons. The number of carbonyl (C=O) groups is 1. The zero-order chi connectivity index (χ0) is 22.2. The van der Waals surface area contributed by atoms with E-state index in [0.29, 0.717) is 24.5 Å². The molecule has 164 valence electrons. The van der Waals surface area contributed by atoms with Gasteiger partial charge in [-0.2, -0.15) is 5.10 Å². The highest BCUT2D eigenvalue weighted by molar-refractivity contribution is 5.77. The molecule has 1 heterocycles. The van der Waals surface area contributed by atoms with Crippen molar-refractivity contribution in [3.05, 3.63) is 54.1 Å². The van der Waals surface area contributed by atoms with Crippen molar-refractivity contribution in [2.24, 2.45) is 0 Å². The van der Waals surface area contributed by atoms with Crippen LogP contribution in [0.1, 0.15) is 39.2 Å². The van der Waals surface area contributed by atoms with E-state index in [4.69, 9.17) is 14.6 Å². The Balaban J connectivity index is 2.14.